The van der Waals surface area contributed by atoms with E-state index in [2.05, 4.69) is 22.4 Å². The first kappa shape index (κ1) is 11.0. The molecule has 6 nitrogen and oxygen atoms in total. The summed E-state index contributed by atoms with van der Waals surface area (Å²) in [6.45, 7) is 1.97. The van der Waals surface area contributed by atoms with Crippen molar-refractivity contribution < 1.29 is 9.90 Å². The number of tetrazole rings is 1. The van der Waals surface area contributed by atoms with Gasteiger partial charge in [-0.25, -0.2) is 4.68 Å². The van der Waals surface area contributed by atoms with Crippen molar-refractivity contribution in [3.63, 3.8) is 0 Å². The highest BCUT2D eigenvalue weighted by Crippen LogP contribution is 2.42. The first-order valence-corrected chi connectivity index (χ1v) is 5.66. The molecule has 1 aliphatic carbocycles. The van der Waals surface area contributed by atoms with Crippen molar-refractivity contribution in [1.82, 2.24) is 20.2 Å². The molecule has 1 saturated carbocycles. The zero-order chi connectivity index (χ0) is 11.6. The second-order valence-electron chi connectivity index (χ2n) is 4.39. The van der Waals surface area contributed by atoms with E-state index >= 15 is 0 Å². The van der Waals surface area contributed by atoms with Gasteiger partial charge in [-0.3, -0.25) is 4.79 Å². The molecule has 16 heavy (non-hydrogen) atoms. The SMILES string of the molecule is CCC1(c2nnnn2CC(=O)O)CCCC1. The maximum absolute atomic E-state index is 10.7. The van der Waals surface area contributed by atoms with Gasteiger partial charge in [0.2, 0.25) is 0 Å². The molecule has 6 heteroatoms. The highest BCUT2D eigenvalue weighted by atomic mass is 16.4. The fourth-order valence-electron chi connectivity index (χ4n) is 2.61. The number of rotatable bonds is 4. The highest BCUT2D eigenvalue weighted by Gasteiger charge is 2.38. The summed E-state index contributed by atoms with van der Waals surface area (Å²) in [6.07, 6.45) is 5.43. The van der Waals surface area contributed by atoms with Crippen molar-refractivity contribution in [3.8, 4) is 0 Å². The molecule has 0 spiro atoms. The van der Waals surface area contributed by atoms with Crippen molar-refractivity contribution in [2.24, 2.45) is 0 Å². The van der Waals surface area contributed by atoms with Crippen LogP contribution in [0.5, 0.6) is 0 Å². The Labute approximate surface area is 93.6 Å². The molecule has 0 aliphatic heterocycles. The van der Waals surface area contributed by atoms with Gasteiger partial charge in [0.05, 0.1) is 0 Å². The van der Waals surface area contributed by atoms with Crippen LogP contribution in [0.25, 0.3) is 0 Å². The average Bonchev–Trinajstić information content (AvgIpc) is 2.85. The third kappa shape index (κ3) is 1.79. The van der Waals surface area contributed by atoms with Gasteiger partial charge in [-0.2, -0.15) is 0 Å². The Morgan fingerprint density at radius 3 is 2.75 bits per heavy atom. The summed E-state index contributed by atoms with van der Waals surface area (Å²) in [4.78, 5) is 10.7. The molecule has 0 aromatic carbocycles. The van der Waals surface area contributed by atoms with Crippen LogP contribution in [0.2, 0.25) is 0 Å². The van der Waals surface area contributed by atoms with Crippen LogP contribution in [0.15, 0.2) is 0 Å². The topological polar surface area (TPSA) is 80.9 Å². The number of aromatic nitrogens is 4. The van der Waals surface area contributed by atoms with Crippen LogP contribution >= 0.6 is 0 Å². The van der Waals surface area contributed by atoms with Gasteiger partial charge >= 0.3 is 5.97 Å². The van der Waals surface area contributed by atoms with Crippen molar-refractivity contribution >= 4 is 5.97 Å². The number of aliphatic carboxylic acids is 1. The van der Waals surface area contributed by atoms with E-state index in [0.29, 0.717) is 0 Å². The summed E-state index contributed by atoms with van der Waals surface area (Å²) in [5.74, 6) is -0.160. The fraction of sp³-hybridized carbons (Fsp3) is 0.800. The summed E-state index contributed by atoms with van der Waals surface area (Å²) in [6, 6.07) is 0. The van der Waals surface area contributed by atoms with Gasteiger partial charge in [-0.1, -0.05) is 19.8 Å². The molecular weight excluding hydrogens is 208 g/mol. The molecule has 88 valence electrons. The third-order valence-corrected chi connectivity index (χ3v) is 3.53. The summed E-state index contributed by atoms with van der Waals surface area (Å²) in [5.41, 5.74) is -0.00104. The molecule has 0 unspecified atom stereocenters. The van der Waals surface area contributed by atoms with Crippen LogP contribution in [-0.4, -0.2) is 31.3 Å². The van der Waals surface area contributed by atoms with E-state index in [-0.39, 0.29) is 12.0 Å². The average molecular weight is 224 g/mol. The smallest absolute Gasteiger partial charge is 0.325 e. The normalized spacial score (nSPS) is 18.8. The van der Waals surface area contributed by atoms with E-state index in [1.807, 2.05) is 0 Å². The lowest BCUT2D eigenvalue weighted by Gasteiger charge is -2.25. The molecule has 2 rings (SSSR count). The Morgan fingerprint density at radius 1 is 1.50 bits per heavy atom. The maximum atomic E-state index is 10.7. The summed E-state index contributed by atoms with van der Waals surface area (Å²) in [7, 11) is 0. The second kappa shape index (κ2) is 4.19. The highest BCUT2D eigenvalue weighted by molar-refractivity contribution is 5.66. The lowest BCUT2D eigenvalue weighted by molar-refractivity contribution is -0.138. The van der Waals surface area contributed by atoms with Gasteiger partial charge in [0, 0.05) is 5.41 Å². The predicted octanol–water partition coefficient (Wildman–Crippen LogP) is 0.979. The number of nitrogens with zero attached hydrogens (tertiary/aromatic N) is 4. The van der Waals surface area contributed by atoms with Crippen molar-refractivity contribution in [2.75, 3.05) is 0 Å². The van der Waals surface area contributed by atoms with Crippen molar-refractivity contribution in [2.45, 2.75) is 51.0 Å². The van der Waals surface area contributed by atoms with Gasteiger partial charge in [-0.05, 0) is 29.7 Å². The minimum absolute atomic E-state index is 0.00104. The van der Waals surface area contributed by atoms with E-state index in [1.165, 1.54) is 17.5 Å². The standard InChI is InChI=1S/C10H16N4O2/c1-2-10(5-3-4-6-10)9-11-12-13-14(9)7-8(15)16/h2-7H2,1H3,(H,15,16). The molecule has 0 saturated heterocycles. The first-order chi connectivity index (χ1) is 7.68. The van der Waals surface area contributed by atoms with Crippen molar-refractivity contribution in [1.29, 1.82) is 0 Å². The molecule has 0 radical (unpaired) electrons. The molecule has 0 atom stereocenters. The fourth-order valence-corrected chi connectivity index (χ4v) is 2.61. The van der Waals surface area contributed by atoms with Crippen LogP contribution in [-0.2, 0) is 16.8 Å². The zero-order valence-corrected chi connectivity index (χ0v) is 9.39. The number of carbonyl (C=O) groups is 1. The zero-order valence-electron chi connectivity index (χ0n) is 9.39. The van der Waals surface area contributed by atoms with Crippen LogP contribution in [0.3, 0.4) is 0 Å². The monoisotopic (exact) mass is 224 g/mol. The van der Waals surface area contributed by atoms with Crippen LogP contribution in [0.4, 0.5) is 0 Å². The minimum Gasteiger partial charge on any atom is -0.480 e. The number of carboxylic acids is 1. The number of hydrogen-bond acceptors (Lipinski definition) is 4. The van der Waals surface area contributed by atoms with Gasteiger partial charge in [0.1, 0.15) is 6.54 Å². The Morgan fingerprint density at radius 2 is 2.19 bits per heavy atom. The summed E-state index contributed by atoms with van der Waals surface area (Å²) in [5, 5.41) is 20.2. The van der Waals surface area contributed by atoms with Crippen LogP contribution in [0.1, 0.15) is 44.9 Å². The quantitative estimate of drug-likeness (QED) is 0.824. The minimum atomic E-state index is -0.905. The summed E-state index contributed by atoms with van der Waals surface area (Å²) < 4.78 is 1.43. The largest absolute Gasteiger partial charge is 0.480 e. The summed E-state index contributed by atoms with van der Waals surface area (Å²) >= 11 is 0. The van der Waals surface area contributed by atoms with Gasteiger partial charge in [0.25, 0.3) is 0 Å². The van der Waals surface area contributed by atoms with E-state index in [4.69, 9.17) is 5.11 Å². The molecule has 1 fully saturated rings. The Bertz CT molecular complexity index is 382. The number of carboxylic acid groups (broad SMARTS) is 1. The second-order valence-corrected chi connectivity index (χ2v) is 4.39. The molecule has 1 heterocycles. The Balaban J connectivity index is 2.31. The van der Waals surface area contributed by atoms with E-state index < -0.39 is 5.97 Å². The molecular formula is C10H16N4O2. The van der Waals surface area contributed by atoms with Crippen molar-refractivity contribution in [3.05, 3.63) is 5.82 Å². The molecule has 1 aliphatic rings. The predicted molar refractivity (Wildman–Crippen MR) is 55.9 cm³/mol. The lowest BCUT2D eigenvalue weighted by atomic mass is 9.82. The van der Waals surface area contributed by atoms with Crippen LogP contribution in [0, 0.1) is 0 Å². The molecule has 1 aromatic rings. The van der Waals surface area contributed by atoms with Gasteiger partial charge < -0.3 is 5.11 Å². The molecule has 0 amide bonds. The number of hydrogen-bond donors (Lipinski definition) is 1. The Hall–Kier alpha value is -1.46. The first-order valence-electron chi connectivity index (χ1n) is 5.66. The van der Waals surface area contributed by atoms with E-state index in [0.717, 1.165) is 25.1 Å². The van der Waals surface area contributed by atoms with E-state index in [9.17, 15) is 4.79 Å². The van der Waals surface area contributed by atoms with Gasteiger partial charge in [-0.15, -0.1) is 5.10 Å². The van der Waals surface area contributed by atoms with Crippen LogP contribution < -0.4 is 0 Å². The maximum Gasteiger partial charge on any atom is 0.325 e. The molecule has 1 N–H and O–H groups in total. The molecule has 1 aromatic heterocycles. The Kier molecular flexibility index (Phi) is 2.89. The molecule has 0 bridgehead atoms. The van der Waals surface area contributed by atoms with Gasteiger partial charge in [0.15, 0.2) is 5.82 Å². The van der Waals surface area contributed by atoms with E-state index in [1.54, 1.807) is 0 Å². The third-order valence-electron chi connectivity index (χ3n) is 3.53. The lowest BCUT2D eigenvalue weighted by Crippen LogP contribution is -2.28.